The molecule has 0 aromatic heterocycles. The first-order chi connectivity index (χ1) is 7.84. The molecule has 0 atom stereocenters. The molecule has 0 aliphatic carbocycles. The normalized spacial score (nSPS) is 11.6. The highest BCUT2D eigenvalue weighted by Crippen LogP contribution is 2.33. The van der Waals surface area contributed by atoms with Crippen molar-refractivity contribution in [1.29, 1.82) is 0 Å². The third-order valence-electron chi connectivity index (χ3n) is 2.01. The molecule has 1 nitrogen and oxygen atoms in total. The average molecular weight is 280 g/mol. The Balaban J connectivity index is 3.14. The Bertz CT molecular complexity index is 404. The van der Waals surface area contributed by atoms with Crippen LogP contribution in [0.2, 0.25) is 6.55 Å². The van der Waals surface area contributed by atoms with Gasteiger partial charge >= 0.3 is 14.5 Å². The summed E-state index contributed by atoms with van der Waals surface area (Å²) < 4.78 is 42.8. The van der Waals surface area contributed by atoms with Gasteiger partial charge in [-0.1, -0.05) is 12.1 Å². The van der Waals surface area contributed by atoms with Crippen LogP contribution in [0.25, 0.3) is 0 Å². The van der Waals surface area contributed by atoms with Crippen LogP contribution >= 0.6 is 11.1 Å². The van der Waals surface area contributed by atoms with Gasteiger partial charge in [-0.2, -0.15) is 13.2 Å². The second-order valence-corrected chi connectivity index (χ2v) is 6.13. The molecule has 1 radical (unpaired) electrons. The molecule has 0 spiro atoms. The summed E-state index contributed by atoms with van der Waals surface area (Å²) in [6.07, 6.45) is -2.33. The van der Waals surface area contributed by atoms with Gasteiger partial charge in [0.1, 0.15) is 5.75 Å². The summed E-state index contributed by atoms with van der Waals surface area (Å²) in [4.78, 5) is 0. The van der Waals surface area contributed by atoms with Crippen LogP contribution in [0.15, 0.2) is 30.9 Å². The molecule has 0 amide bonds. The largest absolute Gasteiger partial charge is 0.528 e. The topological polar surface area (TPSA) is 9.23 Å². The van der Waals surface area contributed by atoms with Crippen molar-refractivity contribution in [2.75, 3.05) is 0 Å². The lowest BCUT2D eigenvalue weighted by Gasteiger charge is -2.14. The zero-order valence-electron chi connectivity index (χ0n) is 9.14. The lowest BCUT2D eigenvalue weighted by Crippen LogP contribution is -2.12. The van der Waals surface area contributed by atoms with Gasteiger partial charge in [0, 0.05) is 0 Å². The first-order valence-electron chi connectivity index (χ1n) is 4.82. The predicted octanol–water partition coefficient (Wildman–Crippen LogP) is 4.17. The second kappa shape index (κ2) is 5.60. The Morgan fingerprint density at radius 2 is 2.12 bits per heavy atom. The molecule has 0 heterocycles. The molecule has 0 saturated heterocycles. The van der Waals surface area contributed by atoms with E-state index in [2.05, 4.69) is 6.58 Å². The Morgan fingerprint density at radius 3 is 2.59 bits per heavy atom. The molecule has 0 aliphatic heterocycles. The summed E-state index contributed by atoms with van der Waals surface area (Å²) in [6.45, 7) is 5.19. The molecule has 0 unspecified atom stereocenters. The number of halogens is 4. The summed E-state index contributed by atoms with van der Waals surface area (Å²) in [5, 5.41) is 0. The fourth-order valence-corrected chi connectivity index (χ4v) is 2.04. The van der Waals surface area contributed by atoms with E-state index < -0.39 is 20.1 Å². The highest BCUT2D eigenvalue weighted by molar-refractivity contribution is 7.02. The first-order valence-corrected chi connectivity index (χ1v) is 7.74. The van der Waals surface area contributed by atoms with E-state index in [1.807, 2.05) is 0 Å². The quantitative estimate of drug-likeness (QED) is 0.457. The lowest BCUT2D eigenvalue weighted by atomic mass is 10.1. The monoisotopic (exact) mass is 279 g/mol. The second-order valence-electron chi connectivity index (χ2n) is 3.39. The standard InChI is InChI=1S/C11H11ClF3OSi/c1-3-4-8-5-6-9(11(13,14)15)7-10(8)16-17(2)12/h3,5-7H,1,4H2,2H3. The molecule has 0 fully saturated rings. The molecule has 0 saturated carbocycles. The average Bonchev–Trinajstić information content (AvgIpc) is 2.18. The van der Waals surface area contributed by atoms with E-state index in [-0.39, 0.29) is 5.75 Å². The number of alkyl halides is 3. The van der Waals surface area contributed by atoms with Crippen molar-refractivity contribution in [1.82, 2.24) is 0 Å². The minimum absolute atomic E-state index is 0.186. The van der Waals surface area contributed by atoms with Crippen LogP contribution in [0.5, 0.6) is 5.75 Å². The summed E-state index contributed by atoms with van der Waals surface area (Å²) >= 11 is 5.72. The van der Waals surface area contributed by atoms with Crippen molar-refractivity contribution >= 4 is 19.4 Å². The van der Waals surface area contributed by atoms with Crippen LogP contribution < -0.4 is 4.43 Å². The van der Waals surface area contributed by atoms with Crippen molar-refractivity contribution in [2.45, 2.75) is 19.1 Å². The molecule has 17 heavy (non-hydrogen) atoms. The van der Waals surface area contributed by atoms with Gasteiger partial charge in [-0.05, 0) is 30.7 Å². The zero-order chi connectivity index (χ0) is 13.1. The molecule has 1 aromatic carbocycles. The van der Waals surface area contributed by atoms with Gasteiger partial charge in [0.2, 0.25) is 0 Å². The van der Waals surface area contributed by atoms with E-state index in [1.54, 1.807) is 12.6 Å². The van der Waals surface area contributed by atoms with Crippen LogP contribution in [0.1, 0.15) is 11.1 Å². The van der Waals surface area contributed by atoms with Crippen molar-refractivity contribution in [3.63, 3.8) is 0 Å². The Hall–Kier alpha value is -0.943. The first kappa shape index (κ1) is 14.1. The molecule has 93 valence electrons. The molecular formula is C11H11ClF3OSi. The zero-order valence-corrected chi connectivity index (χ0v) is 10.9. The van der Waals surface area contributed by atoms with Gasteiger partial charge in [0.05, 0.1) is 5.56 Å². The Labute approximate surface area is 104 Å². The third kappa shape index (κ3) is 4.09. The summed E-state index contributed by atoms with van der Waals surface area (Å²) in [5.74, 6) is 0.186. The van der Waals surface area contributed by atoms with Crippen LogP contribution in [-0.4, -0.2) is 8.35 Å². The fraction of sp³-hybridized carbons (Fsp3) is 0.273. The van der Waals surface area contributed by atoms with Gasteiger partial charge in [-0.15, -0.1) is 17.7 Å². The van der Waals surface area contributed by atoms with Crippen LogP contribution in [0.3, 0.4) is 0 Å². The molecule has 6 heteroatoms. The molecule has 0 bridgehead atoms. The van der Waals surface area contributed by atoms with E-state index in [0.29, 0.717) is 12.0 Å². The number of benzene rings is 1. The molecule has 1 rings (SSSR count). The molecule has 0 aliphatic rings. The maximum atomic E-state index is 12.5. The van der Waals surface area contributed by atoms with Crippen LogP contribution in [0.4, 0.5) is 13.2 Å². The summed E-state index contributed by atoms with van der Waals surface area (Å²) in [7, 11) is -1.62. The number of rotatable bonds is 4. The summed E-state index contributed by atoms with van der Waals surface area (Å²) in [5.41, 5.74) is -0.0850. The van der Waals surface area contributed by atoms with Gasteiger partial charge < -0.3 is 4.43 Å². The minimum atomic E-state index is -4.38. The molecular weight excluding hydrogens is 269 g/mol. The highest BCUT2D eigenvalue weighted by Gasteiger charge is 2.31. The molecule has 1 aromatic rings. The van der Waals surface area contributed by atoms with Crippen molar-refractivity contribution in [2.24, 2.45) is 0 Å². The lowest BCUT2D eigenvalue weighted by molar-refractivity contribution is -0.137. The van der Waals surface area contributed by atoms with E-state index >= 15 is 0 Å². The molecule has 0 N–H and O–H groups in total. The van der Waals surface area contributed by atoms with E-state index in [0.717, 1.165) is 12.1 Å². The van der Waals surface area contributed by atoms with E-state index in [4.69, 9.17) is 15.5 Å². The minimum Gasteiger partial charge on any atom is -0.528 e. The SMILES string of the molecule is C=CCc1ccc(C(F)(F)F)cc1O[Si](C)Cl. The Kier molecular flexibility index (Phi) is 4.65. The van der Waals surface area contributed by atoms with Gasteiger partial charge in [-0.25, -0.2) is 0 Å². The van der Waals surface area contributed by atoms with Crippen molar-refractivity contribution < 1.29 is 17.6 Å². The summed E-state index contributed by atoms with van der Waals surface area (Å²) in [6, 6.07) is 3.40. The number of allylic oxidation sites excluding steroid dienone is 1. The van der Waals surface area contributed by atoms with Gasteiger partial charge in [-0.3, -0.25) is 0 Å². The van der Waals surface area contributed by atoms with Crippen molar-refractivity contribution in [3.05, 3.63) is 42.0 Å². The number of hydrogen-bond acceptors (Lipinski definition) is 1. The Morgan fingerprint density at radius 1 is 1.47 bits per heavy atom. The maximum Gasteiger partial charge on any atom is 0.416 e. The van der Waals surface area contributed by atoms with Gasteiger partial charge in [0.15, 0.2) is 0 Å². The predicted molar refractivity (Wildman–Crippen MR) is 63.4 cm³/mol. The van der Waals surface area contributed by atoms with E-state index in [1.165, 1.54) is 6.07 Å². The van der Waals surface area contributed by atoms with Gasteiger partial charge in [0.25, 0.3) is 0 Å². The highest BCUT2D eigenvalue weighted by atomic mass is 35.6. The third-order valence-corrected chi connectivity index (χ3v) is 2.74. The van der Waals surface area contributed by atoms with Crippen LogP contribution in [0, 0.1) is 0 Å². The van der Waals surface area contributed by atoms with Crippen LogP contribution in [-0.2, 0) is 12.6 Å². The maximum absolute atomic E-state index is 12.5. The van der Waals surface area contributed by atoms with Crippen molar-refractivity contribution in [3.8, 4) is 5.75 Å². The fourth-order valence-electron chi connectivity index (χ4n) is 1.30. The smallest absolute Gasteiger partial charge is 0.416 e. The number of hydrogen-bond donors (Lipinski definition) is 0. The van der Waals surface area contributed by atoms with E-state index in [9.17, 15) is 13.2 Å².